The molecule has 0 atom stereocenters. The lowest BCUT2D eigenvalue weighted by Crippen LogP contribution is -2.40. The van der Waals surface area contributed by atoms with Crippen molar-refractivity contribution in [2.75, 3.05) is 12.3 Å². The van der Waals surface area contributed by atoms with E-state index < -0.39 is 17.8 Å². The number of carbonyl (C=O) groups excluding carboxylic acids is 2. The van der Waals surface area contributed by atoms with Crippen LogP contribution in [0, 0.1) is 5.82 Å². The Balaban J connectivity index is 1.75. The standard InChI is InChI=1S/C22H24FN5O2S/c1-2-13-24-21(30)25-19(29)15-31-22-27-26-20(17-10-6-7-11-18(17)23)28(22)14-12-16-8-4-3-5-9-16/h3-11H,2,12-15H2,1H3,(H2,24,25,29,30). The summed E-state index contributed by atoms with van der Waals surface area (Å²) in [5.41, 5.74) is 1.47. The number of imide groups is 1. The molecule has 2 N–H and O–H groups in total. The second-order valence-corrected chi connectivity index (χ2v) is 7.71. The van der Waals surface area contributed by atoms with Crippen LogP contribution >= 0.6 is 11.8 Å². The van der Waals surface area contributed by atoms with Gasteiger partial charge in [0.1, 0.15) is 5.82 Å². The van der Waals surface area contributed by atoms with Crippen LogP contribution in [-0.2, 0) is 17.8 Å². The number of carbonyl (C=O) groups is 2. The highest BCUT2D eigenvalue weighted by Crippen LogP contribution is 2.26. The van der Waals surface area contributed by atoms with Gasteiger partial charge in [-0.15, -0.1) is 10.2 Å². The molecule has 0 unspecified atom stereocenters. The monoisotopic (exact) mass is 441 g/mol. The molecule has 0 bridgehead atoms. The predicted octanol–water partition coefficient (Wildman–Crippen LogP) is 3.65. The summed E-state index contributed by atoms with van der Waals surface area (Å²) in [6, 6.07) is 15.8. The Kier molecular flexibility index (Phi) is 8.17. The Bertz CT molecular complexity index is 1030. The van der Waals surface area contributed by atoms with Crippen LogP contribution in [0.2, 0.25) is 0 Å². The number of aromatic nitrogens is 3. The van der Waals surface area contributed by atoms with Crippen LogP contribution in [0.25, 0.3) is 11.4 Å². The molecule has 3 rings (SSSR count). The average molecular weight is 442 g/mol. The van der Waals surface area contributed by atoms with E-state index >= 15 is 0 Å². The lowest BCUT2D eigenvalue weighted by atomic mass is 10.1. The van der Waals surface area contributed by atoms with Crippen LogP contribution in [0.4, 0.5) is 9.18 Å². The number of aryl methyl sites for hydroxylation is 1. The number of urea groups is 1. The first kappa shape index (κ1) is 22.5. The SMILES string of the molecule is CCCNC(=O)NC(=O)CSc1nnc(-c2ccccc2F)n1CCc1ccccc1. The lowest BCUT2D eigenvalue weighted by molar-refractivity contribution is -0.117. The normalized spacial score (nSPS) is 10.6. The molecule has 0 fully saturated rings. The van der Waals surface area contributed by atoms with Gasteiger partial charge in [0, 0.05) is 13.1 Å². The highest BCUT2D eigenvalue weighted by molar-refractivity contribution is 7.99. The number of hydrogen-bond donors (Lipinski definition) is 2. The predicted molar refractivity (Wildman–Crippen MR) is 118 cm³/mol. The van der Waals surface area contributed by atoms with Crippen molar-refractivity contribution in [3.8, 4) is 11.4 Å². The van der Waals surface area contributed by atoms with Crippen LogP contribution in [0.3, 0.4) is 0 Å². The first-order valence-electron chi connectivity index (χ1n) is 10.0. The Morgan fingerprint density at radius 3 is 2.55 bits per heavy atom. The zero-order valence-electron chi connectivity index (χ0n) is 17.2. The molecule has 9 heteroatoms. The molecule has 0 saturated heterocycles. The summed E-state index contributed by atoms with van der Waals surface area (Å²) in [6.45, 7) is 2.93. The van der Waals surface area contributed by atoms with Crippen molar-refractivity contribution < 1.29 is 14.0 Å². The van der Waals surface area contributed by atoms with E-state index in [0.717, 1.165) is 23.7 Å². The number of rotatable bonds is 9. The molecule has 1 heterocycles. The minimum absolute atomic E-state index is 0.0136. The molecule has 0 radical (unpaired) electrons. The topological polar surface area (TPSA) is 88.9 Å². The van der Waals surface area contributed by atoms with E-state index in [1.54, 1.807) is 22.8 Å². The maximum absolute atomic E-state index is 14.4. The van der Waals surface area contributed by atoms with Crippen molar-refractivity contribution in [2.24, 2.45) is 0 Å². The summed E-state index contributed by atoms with van der Waals surface area (Å²) in [4.78, 5) is 23.8. The second kappa shape index (κ2) is 11.3. The van der Waals surface area contributed by atoms with Crippen molar-refractivity contribution in [3.05, 3.63) is 66.0 Å². The average Bonchev–Trinajstić information content (AvgIpc) is 3.18. The van der Waals surface area contributed by atoms with Gasteiger partial charge in [-0.1, -0.05) is 61.2 Å². The first-order valence-corrected chi connectivity index (χ1v) is 11.0. The fourth-order valence-corrected chi connectivity index (χ4v) is 3.66. The van der Waals surface area contributed by atoms with E-state index in [2.05, 4.69) is 20.8 Å². The Morgan fingerprint density at radius 2 is 1.81 bits per heavy atom. The van der Waals surface area contributed by atoms with Gasteiger partial charge in [0.2, 0.25) is 5.91 Å². The zero-order chi connectivity index (χ0) is 22.1. The first-order chi connectivity index (χ1) is 15.1. The van der Waals surface area contributed by atoms with E-state index in [1.807, 2.05) is 37.3 Å². The lowest BCUT2D eigenvalue weighted by Gasteiger charge is -2.11. The number of hydrogen-bond acceptors (Lipinski definition) is 5. The summed E-state index contributed by atoms with van der Waals surface area (Å²) in [7, 11) is 0. The van der Waals surface area contributed by atoms with E-state index in [0.29, 0.717) is 36.1 Å². The molecular weight excluding hydrogens is 417 g/mol. The molecule has 162 valence electrons. The Labute approximate surface area is 184 Å². The molecule has 0 saturated carbocycles. The van der Waals surface area contributed by atoms with Gasteiger partial charge in [0.15, 0.2) is 11.0 Å². The largest absolute Gasteiger partial charge is 0.338 e. The van der Waals surface area contributed by atoms with Crippen LogP contribution < -0.4 is 10.6 Å². The smallest absolute Gasteiger partial charge is 0.321 e. The summed E-state index contributed by atoms with van der Waals surface area (Å²) in [5.74, 6) is -0.445. The van der Waals surface area contributed by atoms with Crippen LogP contribution in [-0.4, -0.2) is 39.0 Å². The van der Waals surface area contributed by atoms with Gasteiger partial charge < -0.3 is 9.88 Å². The Morgan fingerprint density at radius 1 is 1.06 bits per heavy atom. The maximum Gasteiger partial charge on any atom is 0.321 e. The third-order valence-electron chi connectivity index (χ3n) is 4.42. The van der Waals surface area contributed by atoms with Crippen LogP contribution in [0.5, 0.6) is 0 Å². The fourth-order valence-electron chi connectivity index (χ4n) is 2.90. The fraction of sp³-hybridized carbons (Fsp3) is 0.273. The van der Waals surface area contributed by atoms with Gasteiger partial charge in [-0.2, -0.15) is 0 Å². The summed E-state index contributed by atoms with van der Waals surface area (Å²) >= 11 is 1.15. The molecule has 0 aliphatic rings. The van der Waals surface area contributed by atoms with Gasteiger partial charge in [-0.3, -0.25) is 10.1 Å². The summed E-state index contributed by atoms with van der Waals surface area (Å²) < 4.78 is 16.2. The Hall–Kier alpha value is -3.20. The number of benzene rings is 2. The van der Waals surface area contributed by atoms with Gasteiger partial charge in [0.25, 0.3) is 0 Å². The molecule has 0 spiro atoms. The summed E-state index contributed by atoms with van der Waals surface area (Å²) in [5, 5.41) is 13.7. The second-order valence-electron chi connectivity index (χ2n) is 6.77. The van der Waals surface area contributed by atoms with Crippen molar-refractivity contribution in [3.63, 3.8) is 0 Å². The minimum Gasteiger partial charge on any atom is -0.338 e. The van der Waals surface area contributed by atoms with Crippen molar-refractivity contribution in [1.29, 1.82) is 0 Å². The van der Waals surface area contributed by atoms with Crippen molar-refractivity contribution in [2.45, 2.75) is 31.5 Å². The van der Waals surface area contributed by atoms with Gasteiger partial charge in [-0.25, -0.2) is 9.18 Å². The molecule has 2 aromatic carbocycles. The van der Waals surface area contributed by atoms with Gasteiger partial charge >= 0.3 is 6.03 Å². The number of nitrogens with zero attached hydrogens (tertiary/aromatic N) is 3. The zero-order valence-corrected chi connectivity index (χ0v) is 18.0. The molecule has 3 aromatic rings. The van der Waals surface area contributed by atoms with Crippen molar-refractivity contribution in [1.82, 2.24) is 25.4 Å². The minimum atomic E-state index is -0.523. The molecule has 0 aliphatic heterocycles. The van der Waals surface area contributed by atoms with E-state index in [9.17, 15) is 14.0 Å². The van der Waals surface area contributed by atoms with Gasteiger partial charge in [0.05, 0.1) is 11.3 Å². The molecular formula is C22H24FN5O2S. The van der Waals surface area contributed by atoms with Crippen LogP contribution in [0.15, 0.2) is 59.8 Å². The van der Waals surface area contributed by atoms with Gasteiger partial charge in [-0.05, 0) is 30.5 Å². The third-order valence-corrected chi connectivity index (χ3v) is 5.39. The summed E-state index contributed by atoms with van der Waals surface area (Å²) in [6.07, 6.45) is 1.47. The van der Waals surface area contributed by atoms with E-state index in [-0.39, 0.29) is 5.75 Å². The number of thioether (sulfide) groups is 1. The quantitative estimate of drug-likeness (QED) is 0.495. The highest BCUT2D eigenvalue weighted by atomic mass is 32.2. The third kappa shape index (κ3) is 6.39. The molecule has 7 nitrogen and oxygen atoms in total. The maximum atomic E-state index is 14.4. The van der Waals surface area contributed by atoms with E-state index in [1.165, 1.54) is 6.07 Å². The van der Waals surface area contributed by atoms with Crippen molar-refractivity contribution >= 4 is 23.7 Å². The molecule has 1 aromatic heterocycles. The van der Waals surface area contributed by atoms with Crippen LogP contribution in [0.1, 0.15) is 18.9 Å². The number of halogens is 1. The highest BCUT2D eigenvalue weighted by Gasteiger charge is 2.18. The molecule has 0 aliphatic carbocycles. The molecule has 3 amide bonds. The number of amides is 3. The number of nitrogens with one attached hydrogen (secondary N) is 2. The van der Waals surface area contributed by atoms with E-state index in [4.69, 9.17) is 0 Å². The molecule has 31 heavy (non-hydrogen) atoms.